The number of amides is 1. The fraction of sp³-hybridized carbons (Fsp3) is 0.350. The molecule has 1 saturated heterocycles. The molecule has 0 bridgehead atoms. The van der Waals surface area contributed by atoms with Crippen molar-refractivity contribution < 1.29 is 17.6 Å². The molecule has 0 spiro atoms. The van der Waals surface area contributed by atoms with E-state index < -0.39 is 15.8 Å². The van der Waals surface area contributed by atoms with E-state index in [9.17, 15) is 17.6 Å². The summed E-state index contributed by atoms with van der Waals surface area (Å²) in [5, 5.41) is 3.53. The molecule has 1 atom stereocenters. The summed E-state index contributed by atoms with van der Waals surface area (Å²) >= 11 is 6.17. The van der Waals surface area contributed by atoms with Crippen molar-refractivity contribution in [3.63, 3.8) is 0 Å². The minimum atomic E-state index is -3.90. The average Bonchev–Trinajstić information content (AvgIpc) is 2.68. The zero-order valence-electron chi connectivity index (χ0n) is 15.4. The molecular formula is C20H22ClFN2O3S. The van der Waals surface area contributed by atoms with Gasteiger partial charge in [-0.25, -0.2) is 12.8 Å². The summed E-state index contributed by atoms with van der Waals surface area (Å²) in [7, 11) is -3.90. The van der Waals surface area contributed by atoms with Crippen molar-refractivity contribution in [2.75, 3.05) is 13.1 Å². The van der Waals surface area contributed by atoms with Gasteiger partial charge in [-0.1, -0.05) is 41.9 Å². The third-order valence-electron chi connectivity index (χ3n) is 5.01. The van der Waals surface area contributed by atoms with E-state index in [0.29, 0.717) is 17.9 Å². The van der Waals surface area contributed by atoms with Crippen molar-refractivity contribution in [3.05, 3.63) is 64.9 Å². The molecule has 3 rings (SSSR count). The summed E-state index contributed by atoms with van der Waals surface area (Å²) in [5.41, 5.74) is 0.831. The number of sulfonamides is 1. The molecule has 1 amide bonds. The first kappa shape index (κ1) is 20.8. The lowest BCUT2D eigenvalue weighted by atomic mass is 9.96. The maximum absolute atomic E-state index is 13.9. The Morgan fingerprint density at radius 1 is 1.14 bits per heavy atom. The summed E-state index contributed by atoms with van der Waals surface area (Å²) in [4.78, 5) is 12.3. The van der Waals surface area contributed by atoms with Crippen LogP contribution in [0.1, 0.15) is 31.4 Å². The Hall–Kier alpha value is -1.96. The number of benzene rings is 2. The predicted molar refractivity (Wildman–Crippen MR) is 106 cm³/mol. The van der Waals surface area contributed by atoms with Crippen LogP contribution in [0.2, 0.25) is 5.02 Å². The third-order valence-corrected chi connectivity index (χ3v) is 7.29. The van der Waals surface area contributed by atoms with Crippen molar-refractivity contribution in [2.45, 2.75) is 30.7 Å². The lowest BCUT2D eigenvalue weighted by molar-refractivity contribution is -0.126. The second-order valence-electron chi connectivity index (χ2n) is 6.86. The van der Waals surface area contributed by atoms with Gasteiger partial charge in [0, 0.05) is 24.0 Å². The molecule has 0 aromatic heterocycles. The van der Waals surface area contributed by atoms with Crippen LogP contribution in [0, 0.1) is 11.7 Å². The van der Waals surface area contributed by atoms with Gasteiger partial charge < -0.3 is 5.32 Å². The van der Waals surface area contributed by atoms with Crippen molar-refractivity contribution in [3.8, 4) is 0 Å². The van der Waals surface area contributed by atoms with Crippen LogP contribution in [0.25, 0.3) is 0 Å². The van der Waals surface area contributed by atoms with E-state index in [-0.39, 0.29) is 35.9 Å². The molecule has 150 valence electrons. The van der Waals surface area contributed by atoms with E-state index in [0.717, 1.165) is 11.6 Å². The maximum atomic E-state index is 13.9. The third kappa shape index (κ3) is 4.37. The van der Waals surface area contributed by atoms with Crippen LogP contribution in [-0.2, 0) is 14.8 Å². The predicted octanol–water partition coefficient (Wildman–Crippen LogP) is 3.76. The Balaban J connectivity index is 1.61. The molecule has 2 aromatic rings. The molecule has 5 nitrogen and oxygen atoms in total. The van der Waals surface area contributed by atoms with Crippen molar-refractivity contribution in [1.82, 2.24) is 9.62 Å². The van der Waals surface area contributed by atoms with Crippen LogP contribution in [0.15, 0.2) is 53.4 Å². The Labute approximate surface area is 169 Å². The van der Waals surface area contributed by atoms with Gasteiger partial charge in [0.2, 0.25) is 15.9 Å². The van der Waals surface area contributed by atoms with Gasteiger partial charge in [0.1, 0.15) is 10.7 Å². The van der Waals surface area contributed by atoms with Gasteiger partial charge in [-0.15, -0.1) is 0 Å². The van der Waals surface area contributed by atoms with Crippen LogP contribution in [0.5, 0.6) is 0 Å². The molecule has 1 N–H and O–H groups in total. The van der Waals surface area contributed by atoms with Crippen molar-refractivity contribution in [2.24, 2.45) is 5.92 Å². The number of nitrogens with zero attached hydrogens (tertiary/aromatic N) is 1. The summed E-state index contributed by atoms with van der Waals surface area (Å²) in [6.07, 6.45) is 0.767. The minimum absolute atomic E-state index is 0.129. The molecule has 2 aromatic carbocycles. The van der Waals surface area contributed by atoms with E-state index >= 15 is 0 Å². The van der Waals surface area contributed by atoms with Gasteiger partial charge >= 0.3 is 0 Å². The Morgan fingerprint density at radius 2 is 1.75 bits per heavy atom. The fourth-order valence-corrected chi connectivity index (χ4v) is 5.22. The Bertz CT molecular complexity index is 959. The quantitative estimate of drug-likeness (QED) is 0.794. The van der Waals surface area contributed by atoms with Crippen LogP contribution in [0.4, 0.5) is 4.39 Å². The van der Waals surface area contributed by atoms with E-state index in [1.54, 1.807) is 6.07 Å². The van der Waals surface area contributed by atoms with Gasteiger partial charge in [0.25, 0.3) is 0 Å². The minimum Gasteiger partial charge on any atom is -0.349 e. The normalized spacial score (nSPS) is 17.2. The van der Waals surface area contributed by atoms with E-state index in [1.807, 2.05) is 25.1 Å². The van der Waals surface area contributed by atoms with Crippen LogP contribution in [0.3, 0.4) is 0 Å². The molecule has 28 heavy (non-hydrogen) atoms. The van der Waals surface area contributed by atoms with Crippen molar-refractivity contribution >= 4 is 27.5 Å². The smallest absolute Gasteiger partial charge is 0.245 e. The summed E-state index contributed by atoms with van der Waals surface area (Å²) in [6.45, 7) is 2.21. The number of carbonyl (C=O) groups excluding carboxylic acids is 1. The zero-order valence-corrected chi connectivity index (χ0v) is 17.0. The van der Waals surface area contributed by atoms with Crippen LogP contribution in [-0.4, -0.2) is 31.7 Å². The molecule has 1 heterocycles. The van der Waals surface area contributed by atoms with Crippen molar-refractivity contribution in [1.29, 1.82) is 0 Å². The number of halogens is 2. The first-order valence-electron chi connectivity index (χ1n) is 9.10. The number of nitrogens with one attached hydrogen (secondary N) is 1. The Kier molecular flexibility index (Phi) is 6.37. The molecule has 0 aliphatic carbocycles. The summed E-state index contributed by atoms with van der Waals surface area (Å²) in [5.74, 6) is -1.19. The SMILES string of the molecule is CC(NC(=O)C1CCN(S(=O)(=O)c2ccccc2F)CC1)c1ccccc1Cl. The summed E-state index contributed by atoms with van der Waals surface area (Å²) < 4.78 is 40.5. The van der Waals surface area contributed by atoms with E-state index in [2.05, 4.69) is 5.32 Å². The molecule has 1 unspecified atom stereocenters. The van der Waals surface area contributed by atoms with Crippen LogP contribution < -0.4 is 5.32 Å². The van der Waals surface area contributed by atoms with Crippen LogP contribution >= 0.6 is 11.6 Å². The largest absolute Gasteiger partial charge is 0.349 e. The van der Waals surface area contributed by atoms with Gasteiger partial charge in [0.05, 0.1) is 6.04 Å². The second kappa shape index (κ2) is 8.59. The molecule has 8 heteroatoms. The topological polar surface area (TPSA) is 66.5 Å². The monoisotopic (exact) mass is 424 g/mol. The first-order valence-corrected chi connectivity index (χ1v) is 10.9. The number of piperidine rings is 1. The second-order valence-corrected chi connectivity index (χ2v) is 9.17. The highest BCUT2D eigenvalue weighted by atomic mass is 35.5. The fourth-order valence-electron chi connectivity index (χ4n) is 3.39. The lowest BCUT2D eigenvalue weighted by Crippen LogP contribution is -2.43. The first-order chi connectivity index (χ1) is 13.3. The molecular weight excluding hydrogens is 403 g/mol. The lowest BCUT2D eigenvalue weighted by Gasteiger charge is -2.31. The highest BCUT2D eigenvalue weighted by molar-refractivity contribution is 7.89. The standard InChI is InChI=1S/C20H22ClFN2O3S/c1-14(16-6-2-3-7-17(16)21)23-20(25)15-10-12-24(13-11-15)28(26,27)19-9-5-4-8-18(19)22/h2-9,14-15H,10-13H2,1H3,(H,23,25). The molecule has 0 saturated carbocycles. The average molecular weight is 425 g/mol. The zero-order chi connectivity index (χ0) is 20.3. The number of hydrogen-bond donors (Lipinski definition) is 1. The molecule has 0 radical (unpaired) electrons. The van der Waals surface area contributed by atoms with E-state index in [1.165, 1.54) is 22.5 Å². The van der Waals surface area contributed by atoms with Gasteiger partial charge in [0.15, 0.2) is 0 Å². The highest BCUT2D eigenvalue weighted by Crippen LogP contribution is 2.27. The van der Waals surface area contributed by atoms with Gasteiger partial charge in [-0.05, 0) is 43.5 Å². The van der Waals surface area contributed by atoms with Gasteiger partial charge in [-0.2, -0.15) is 4.31 Å². The number of carbonyl (C=O) groups is 1. The highest BCUT2D eigenvalue weighted by Gasteiger charge is 2.33. The number of rotatable bonds is 5. The van der Waals surface area contributed by atoms with Gasteiger partial charge in [-0.3, -0.25) is 4.79 Å². The number of hydrogen-bond acceptors (Lipinski definition) is 3. The maximum Gasteiger partial charge on any atom is 0.245 e. The molecule has 1 fully saturated rings. The summed E-state index contributed by atoms with van der Waals surface area (Å²) in [6, 6.07) is 12.4. The van der Waals surface area contributed by atoms with E-state index in [4.69, 9.17) is 11.6 Å². The molecule has 1 aliphatic rings. The Morgan fingerprint density at radius 3 is 2.39 bits per heavy atom. The molecule has 1 aliphatic heterocycles.